The number of alkyl halides is 3. The predicted molar refractivity (Wildman–Crippen MR) is 58.1 cm³/mol. The van der Waals surface area contributed by atoms with Gasteiger partial charge >= 0.3 is 6.18 Å². The summed E-state index contributed by atoms with van der Waals surface area (Å²) in [5, 5.41) is 8.74. The Morgan fingerprint density at radius 2 is 1.78 bits per heavy atom. The molecule has 0 aliphatic carbocycles. The van der Waals surface area contributed by atoms with E-state index in [4.69, 9.17) is 10.00 Å². The van der Waals surface area contributed by atoms with Crippen molar-refractivity contribution in [2.24, 2.45) is 0 Å². The zero-order valence-electron chi connectivity index (χ0n) is 9.97. The van der Waals surface area contributed by atoms with Gasteiger partial charge in [0.2, 0.25) is 0 Å². The van der Waals surface area contributed by atoms with E-state index in [-0.39, 0.29) is 0 Å². The van der Waals surface area contributed by atoms with Gasteiger partial charge in [-0.05, 0) is 37.1 Å². The summed E-state index contributed by atoms with van der Waals surface area (Å²) in [4.78, 5) is 0. The van der Waals surface area contributed by atoms with E-state index in [1.807, 2.05) is 6.07 Å². The summed E-state index contributed by atoms with van der Waals surface area (Å²) < 4.78 is 45.0. The van der Waals surface area contributed by atoms with E-state index >= 15 is 0 Å². The van der Waals surface area contributed by atoms with E-state index < -0.39 is 19.6 Å². The Bertz CT molecular complexity index is 440. The Hall–Kier alpha value is -1.74. The lowest BCUT2D eigenvalue weighted by Crippen LogP contribution is -2.19. The largest absolute Gasteiger partial charge is 0.467 e. The molecule has 0 heterocycles. The highest BCUT2D eigenvalue weighted by atomic mass is 19.4. The Labute approximate surface area is 103 Å². The average Bonchev–Trinajstić information content (AvgIpc) is 2.25. The summed E-state index contributed by atoms with van der Waals surface area (Å²) in [6.07, 6.45) is -4.36. The molecule has 0 N–H and O–H groups in total. The summed E-state index contributed by atoms with van der Waals surface area (Å²) in [6, 6.07) is 5.19. The van der Waals surface area contributed by atoms with Crippen LogP contribution in [0, 0.1) is 25.2 Å². The molecule has 0 radical (unpaired) electrons. The van der Waals surface area contributed by atoms with Crippen LogP contribution in [0.4, 0.5) is 13.2 Å². The number of hydrogen-bond donors (Lipinski definition) is 0. The summed E-state index contributed by atoms with van der Waals surface area (Å²) >= 11 is 0. The maximum absolute atomic E-state index is 11.8. The first-order chi connectivity index (χ1) is 8.33. The van der Waals surface area contributed by atoms with Crippen molar-refractivity contribution >= 4 is 0 Å². The second kappa shape index (κ2) is 5.74. The van der Waals surface area contributed by atoms with Crippen LogP contribution >= 0.6 is 0 Å². The Balaban J connectivity index is 2.61. The molecule has 0 bridgehead atoms. The maximum atomic E-state index is 11.8. The van der Waals surface area contributed by atoms with Gasteiger partial charge in [-0.1, -0.05) is 0 Å². The van der Waals surface area contributed by atoms with Crippen molar-refractivity contribution in [3.8, 4) is 11.8 Å². The van der Waals surface area contributed by atoms with Crippen molar-refractivity contribution in [2.45, 2.75) is 20.0 Å². The van der Waals surface area contributed by atoms with Crippen molar-refractivity contribution in [3.05, 3.63) is 28.8 Å². The summed E-state index contributed by atoms with van der Waals surface area (Å²) in [6.45, 7) is 1.61. The molecule has 98 valence electrons. The fraction of sp³-hybridized carbons (Fsp3) is 0.417. The highest BCUT2D eigenvalue weighted by Gasteiger charge is 2.27. The number of aryl methyl sites for hydroxylation is 2. The topological polar surface area (TPSA) is 42.2 Å². The molecule has 0 amide bonds. The minimum atomic E-state index is -4.36. The predicted octanol–water partition coefficient (Wildman–Crippen LogP) is 3.09. The van der Waals surface area contributed by atoms with Crippen molar-refractivity contribution in [2.75, 3.05) is 13.4 Å². The van der Waals surface area contributed by atoms with Crippen LogP contribution in [-0.4, -0.2) is 19.6 Å². The maximum Gasteiger partial charge on any atom is 0.411 e. The average molecular weight is 259 g/mol. The van der Waals surface area contributed by atoms with Crippen LogP contribution in [0.25, 0.3) is 0 Å². The van der Waals surface area contributed by atoms with Gasteiger partial charge in [0.15, 0.2) is 6.79 Å². The second-order valence-electron chi connectivity index (χ2n) is 3.78. The van der Waals surface area contributed by atoms with Gasteiger partial charge in [0.25, 0.3) is 0 Å². The van der Waals surface area contributed by atoms with Crippen LogP contribution in [0.1, 0.15) is 16.7 Å². The number of nitriles is 1. The van der Waals surface area contributed by atoms with E-state index in [1.54, 1.807) is 26.0 Å². The van der Waals surface area contributed by atoms with Crippen molar-refractivity contribution in [1.82, 2.24) is 0 Å². The lowest BCUT2D eigenvalue weighted by Gasteiger charge is -2.13. The molecule has 0 saturated carbocycles. The van der Waals surface area contributed by atoms with Gasteiger partial charge in [0.05, 0.1) is 11.6 Å². The van der Waals surface area contributed by atoms with E-state index in [0.717, 1.165) is 0 Å². The molecule has 0 aliphatic heterocycles. The number of hydrogen-bond acceptors (Lipinski definition) is 3. The van der Waals surface area contributed by atoms with Gasteiger partial charge in [-0.3, -0.25) is 0 Å². The van der Waals surface area contributed by atoms with Crippen LogP contribution in [0.2, 0.25) is 0 Å². The third kappa shape index (κ3) is 4.26. The zero-order chi connectivity index (χ0) is 13.8. The first-order valence-corrected chi connectivity index (χ1v) is 5.12. The number of benzene rings is 1. The molecule has 1 rings (SSSR count). The van der Waals surface area contributed by atoms with Crippen LogP contribution in [-0.2, 0) is 4.74 Å². The number of ether oxygens (including phenoxy) is 2. The minimum Gasteiger partial charge on any atom is -0.467 e. The standard InChI is InChI=1S/C12H12F3NO2/c1-8-3-10(5-16)4-9(2)11(8)18-7-17-6-12(13,14)15/h3-4H,6-7H2,1-2H3. The molecular weight excluding hydrogens is 247 g/mol. The van der Waals surface area contributed by atoms with Gasteiger partial charge in [-0.25, -0.2) is 0 Å². The van der Waals surface area contributed by atoms with E-state index in [1.165, 1.54) is 0 Å². The van der Waals surface area contributed by atoms with E-state index in [9.17, 15) is 13.2 Å². The van der Waals surface area contributed by atoms with Gasteiger partial charge < -0.3 is 9.47 Å². The monoisotopic (exact) mass is 259 g/mol. The van der Waals surface area contributed by atoms with Crippen LogP contribution in [0.5, 0.6) is 5.75 Å². The molecule has 0 aromatic heterocycles. The fourth-order valence-electron chi connectivity index (χ4n) is 1.50. The lowest BCUT2D eigenvalue weighted by atomic mass is 10.1. The van der Waals surface area contributed by atoms with Gasteiger partial charge in [0.1, 0.15) is 12.4 Å². The molecule has 18 heavy (non-hydrogen) atoms. The third-order valence-electron chi connectivity index (χ3n) is 2.14. The molecule has 0 fully saturated rings. The molecule has 0 atom stereocenters. The van der Waals surface area contributed by atoms with Crippen LogP contribution in [0.3, 0.4) is 0 Å². The van der Waals surface area contributed by atoms with Crippen LogP contribution in [0.15, 0.2) is 12.1 Å². The molecule has 0 unspecified atom stereocenters. The molecular formula is C12H12F3NO2. The molecule has 6 heteroatoms. The SMILES string of the molecule is Cc1cc(C#N)cc(C)c1OCOCC(F)(F)F. The van der Waals surface area contributed by atoms with Gasteiger partial charge in [0, 0.05) is 0 Å². The quantitative estimate of drug-likeness (QED) is 0.616. The van der Waals surface area contributed by atoms with E-state index in [2.05, 4.69) is 4.74 Å². The highest BCUT2D eigenvalue weighted by Crippen LogP contribution is 2.24. The third-order valence-corrected chi connectivity index (χ3v) is 2.14. The molecule has 3 nitrogen and oxygen atoms in total. The molecule has 1 aromatic carbocycles. The minimum absolute atomic E-state index is 0.441. The summed E-state index contributed by atoms with van der Waals surface area (Å²) in [7, 11) is 0. The first-order valence-electron chi connectivity index (χ1n) is 5.12. The summed E-state index contributed by atoms with van der Waals surface area (Å²) in [5.41, 5.74) is 1.85. The molecule has 1 aromatic rings. The first kappa shape index (κ1) is 14.3. The number of nitrogens with zero attached hydrogens (tertiary/aromatic N) is 1. The van der Waals surface area contributed by atoms with Crippen molar-refractivity contribution in [1.29, 1.82) is 5.26 Å². The molecule has 0 spiro atoms. The molecule has 0 saturated heterocycles. The fourth-order valence-corrected chi connectivity index (χ4v) is 1.50. The van der Waals surface area contributed by atoms with Gasteiger partial charge in [-0.15, -0.1) is 0 Å². The lowest BCUT2D eigenvalue weighted by molar-refractivity contribution is -0.186. The van der Waals surface area contributed by atoms with Gasteiger partial charge in [-0.2, -0.15) is 18.4 Å². The Kier molecular flexibility index (Phi) is 4.56. The van der Waals surface area contributed by atoms with E-state index in [0.29, 0.717) is 22.4 Å². The highest BCUT2D eigenvalue weighted by molar-refractivity contribution is 5.47. The number of halogens is 3. The van der Waals surface area contributed by atoms with Crippen molar-refractivity contribution in [3.63, 3.8) is 0 Å². The Morgan fingerprint density at radius 1 is 1.22 bits per heavy atom. The normalized spacial score (nSPS) is 11.1. The zero-order valence-corrected chi connectivity index (χ0v) is 9.97. The Morgan fingerprint density at radius 3 is 2.22 bits per heavy atom. The molecule has 0 aliphatic rings. The van der Waals surface area contributed by atoms with Crippen LogP contribution < -0.4 is 4.74 Å². The smallest absolute Gasteiger partial charge is 0.411 e. The second-order valence-corrected chi connectivity index (χ2v) is 3.78. The van der Waals surface area contributed by atoms with Crippen molar-refractivity contribution < 1.29 is 22.6 Å². The summed E-state index contributed by atoms with van der Waals surface area (Å²) in [5.74, 6) is 0.441. The number of rotatable bonds is 4.